The molecule has 0 atom stereocenters. The lowest BCUT2D eigenvalue weighted by Crippen LogP contribution is -2.24. The Morgan fingerprint density at radius 2 is 2.14 bits per heavy atom. The summed E-state index contributed by atoms with van der Waals surface area (Å²) in [5, 5.41) is 10.6. The number of hydrogen-bond acceptors (Lipinski definition) is 5. The van der Waals surface area contributed by atoms with Gasteiger partial charge in [-0.1, -0.05) is 31.2 Å². The van der Waals surface area contributed by atoms with Crippen LogP contribution < -0.4 is 10.6 Å². The zero-order valence-corrected chi connectivity index (χ0v) is 13.0. The largest absolute Gasteiger partial charge is 0.351 e. The molecule has 2 aromatic heterocycles. The number of benzene rings is 1. The van der Waals surface area contributed by atoms with Crippen LogP contribution in [-0.4, -0.2) is 22.4 Å². The fourth-order valence-electron chi connectivity index (χ4n) is 2.09. The molecule has 0 aliphatic carbocycles. The predicted octanol–water partition coefficient (Wildman–Crippen LogP) is 3.57. The van der Waals surface area contributed by atoms with Crippen LogP contribution in [0.25, 0.3) is 10.8 Å². The fourth-order valence-corrected chi connectivity index (χ4v) is 2.77. The van der Waals surface area contributed by atoms with E-state index in [9.17, 15) is 4.79 Å². The van der Waals surface area contributed by atoms with Crippen molar-refractivity contribution in [1.82, 2.24) is 15.3 Å². The maximum Gasteiger partial charge on any atom is 0.270 e. The molecule has 2 N–H and O–H groups in total. The zero-order valence-electron chi connectivity index (χ0n) is 12.2. The van der Waals surface area contributed by atoms with E-state index in [-0.39, 0.29) is 5.91 Å². The highest BCUT2D eigenvalue weighted by molar-refractivity contribution is 7.14. The summed E-state index contributed by atoms with van der Waals surface area (Å²) in [5.74, 6) is 0.602. The van der Waals surface area contributed by atoms with E-state index in [1.165, 1.54) is 11.3 Å². The normalized spacial score (nSPS) is 10.6. The molecule has 0 aliphatic rings. The van der Waals surface area contributed by atoms with Crippen LogP contribution in [0.3, 0.4) is 0 Å². The molecule has 0 spiro atoms. The van der Waals surface area contributed by atoms with Gasteiger partial charge in [0.05, 0.1) is 0 Å². The Balaban J connectivity index is 1.81. The summed E-state index contributed by atoms with van der Waals surface area (Å²) < 4.78 is 0. The topological polar surface area (TPSA) is 66.9 Å². The molecular formula is C16H16N4OS. The van der Waals surface area contributed by atoms with Gasteiger partial charge < -0.3 is 10.6 Å². The van der Waals surface area contributed by atoms with Gasteiger partial charge in [0.1, 0.15) is 11.5 Å². The van der Waals surface area contributed by atoms with Crippen LogP contribution >= 0.6 is 11.3 Å². The smallest absolute Gasteiger partial charge is 0.270 e. The summed E-state index contributed by atoms with van der Waals surface area (Å²) in [6.07, 6.45) is 2.66. The van der Waals surface area contributed by atoms with Crippen molar-refractivity contribution >= 4 is 39.0 Å². The van der Waals surface area contributed by atoms with Crippen molar-refractivity contribution in [2.75, 3.05) is 11.9 Å². The highest BCUT2D eigenvalue weighted by Gasteiger charge is 2.11. The number of pyridine rings is 1. The van der Waals surface area contributed by atoms with Gasteiger partial charge in [-0.2, -0.15) is 0 Å². The van der Waals surface area contributed by atoms with Gasteiger partial charge in [0, 0.05) is 23.5 Å². The van der Waals surface area contributed by atoms with E-state index in [1.54, 1.807) is 11.6 Å². The van der Waals surface area contributed by atoms with Crippen LogP contribution in [0.1, 0.15) is 23.8 Å². The summed E-state index contributed by atoms with van der Waals surface area (Å²) in [4.78, 5) is 20.6. The second kappa shape index (κ2) is 6.53. The van der Waals surface area contributed by atoms with Gasteiger partial charge in [-0.25, -0.2) is 9.97 Å². The van der Waals surface area contributed by atoms with Crippen LogP contribution in [0.15, 0.2) is 41.9 Å². The number of rotatable bonds is 5. The molecule has 22 heavy (non-hydrogen) atoms. The molecule has 2 heterocycles. The average Bonchev–Trinajstić information content (AvgIpc) is 3.01. The molecule has 1 amide bonds. The lowest BCUT2D eigenvalue weighted by Gasteiger charge is -2.05. The third kappa shape index (κ3) is 3.07. The molecule has 6 heteroatoms. The number of hydrogen-bond donors (Lipinski definition) is 2. The zero-order chi connectivity index (χ0) is 15.4. The van der Waals surface area contributed by atoms with Gasteiger partial charge >= 0.3 is 0 Å². The lowest BCUT2D eigenvalue weighted by molar-refractivity contribution is 0.0949. The van der Waals surface area contributed by atoms with Gasteiger partial charge in [-0.05, 0) is 17.9 Å². The van der Waals surface area contributed by atoms with Crippen LogP contribution in [0, 0.1) is 0 Å². The number of carbonyl (C=O) groups is 1. The quantitative estimate of drug-likeness (QED) is 0.756. The molecule has 3 rings (SSSR count). The van der Waals surface area contributed by atoms with Crippen molar-refractivity contribution in [3.05, 3.63) is 47.6 Å². The minimum atomic E-state index is -0.142. The van der Waals surface area contributed by atoms with E-state index in [0.717, 1.165) is 23.0 Å². The van der Waals surface area contributed by atoms with Crippen molar-refractivity contribution in [1.29, 1.82) is 0 Å². The molecule has 1 aromatic carbocycles. The molecule has 0 saturated heterocycles. The van der Waals surface area contributed by atoms with Gasteiger partial charge in [0.2, 0.25) is 0 Å². The first-order chi connectivity index (χ1) is 10.8. The fraction of sp³-hybridized carbons (Fsp3) is 0.188. The van der Waals surface area contributed by atoms with Crippen molar-refractivity contribution in [2.45, 2.75) is 13.3 Å². The number of anilines is 2. The van der Waals surface area contributed by atoms with Crippen LogP contribution in [0.2, 0.25) is 0 Å². The first-order valence-corrected chi connectivity index (χ1v) is 8.00. The molecule has 0 bridgehead atoms. The van der Waals surface area contributed by atoms with Crippen LogP contribution in [0.5, 0.6) is 0 Å². The number of nitrogens with zero attached hydrogens (tertiary/aromatic N) is 2. The van der Waals surface area contributed by atoms with Crippen molar-refractivity contribution in [2.24, 2.45) is 0 Å². The number of nitrogens with one attached hydrogen (secondary N) is 2. The number of carbonyl (C=O) groups excluding carboxylic acids is 1. The SMILES string of the molecule is CCCNC(=O)c1csc(Nc2nccc3ccccc23)n1. The third-order valence-electron chi connectivity index (χ3n) is 3.17. The van der Waals surface area contributed by atoms with Gasteiger partial charge in [0.25, 0.3) is 5.91 Å². The summed E-state index contributed by atoms with van der Waals surface area (Å²) in [6, 6.07) is 9.97. The second-order valence-electron chi connectivity index (χ2n) is 4.80. The third-order valence-corrected chi connectivity index (χ3v) is 3.93. The van der Waals surface area contributed by atoms with Crippen molar-refractivity contribution < 1.29 is 4.79 Å². The minimum absolute atomic E-state index is 0.142. The number of thiazole rings is 1. The molecule has 0 unspecified atom stereocenters. The molecule has 0 aliphatic heterocycles. The summed E-state index contributed by atoms with van der Waals surface area (Å²) >= 11 is 1.39. The first-order valence-electron chi connectivity index (χ1n) is 7.12. The van der Waals surface area contributed by atoms with Gasteiger partial charge in [-0.3, -0.25) is 4.79 Å². The van der Waals surface area contributed by atoms with E-state index >= 15 is 0 Å². The number of aromatic nitrogens is 2. The number of amides is 1. The maximum atomic E-state index is 11.9. The summed E-state index contributed by atoms with van der Waals surface area (Å²) in [7, 11) is 0. The first kappa shape index (κ1) is 14.5. The van der Waals surface area contributed by atoms with E-state index < -0.39 is 0 Å². The average molecular weight is 312 g/mol. The molecule has 3 aromatic rings. The van der Waals surface area contributed by atoms with E-state index in [0.29, 0.717) is 17.4 Å². The molecule has 112 valence electrons. The van der Waals surface area contributed by atoms with E-state index in [4.69, 9.17) is 0 Å². The van der Waals surface area contributed by atoms with Crippen molar-refractivity contribution in [3.63, 3.8) is 0 Å². The molecule has 0 fully saturated rings. The van der Waals surface area contributed by atoms with Crippen LogP contribution in [-0.2, 0) is 0 Å². The molecular weight excluding hydrogens is 296 g/mol. The Morgan fingerprint density at radius 1 is 1.27 bits per heavy atom. The Morgan fingerprint density at radius 3 is 3.00 bits per heavy atom. The van der Waals surface area contributed by atoms with Gasteiger partial charge in [0.15, 0.2) is 5.13 Å². The summed E-state index contributed by atoms with van der Waals surface area (Å²) in [5.41, 5.74) is 0.432. The Hall–Kier alpha value is -2.47. The highest BCUT2D eigenvalue weighted by Crippen LogP contribution is 2.25. The maximum absolute atomic E-state index is 11.9. The predicted molar refractivity (Wildman–Crippen MR) is 89.8 cm³/mol. The standard InChI is InChI=1S/C16H16N4OS/c1-2-8-18-15(21)13-10-22-16(19-13)20-14-12-6-4-3-5-11(12)7-9-17-14/h3-7,9-10H,2,8H2,1H3,(H,18,21)(H,17,19,20). The monoisotopic (exact) mass is 312 g/mol. The molecule has 5 nitrogen and oxygen atoms in total. The van der Waals surface area contributed by atoms with Gasteiger partial charge in [-0.15, -0.1) is 11.3 Å². The Labute approximate surface area is 132 Å². The number of fused-ring (bicyclic) bond motifs is 1. The van der Waals surface area contributed by atoms with E-state index in [2.05, 4.69) is 20.6 Å². The highest BCUT2D eigenvalue weighted by atomic mass is 32.1. The van der Waals surface area contributed by atoms with E-state index in [1.807, 2.05) is 37.3 Å². The van der Waals surface area contributed by atoms with Crippen molar-refractivity contribution in [3.8, 4) is 0 Å². The Kier molecular flexibility index (Phi) is 4.29. The minimum Gasteiger partial charge on any atom is -0.351 e. The second-order valence-corrected chi connectivity index (χ2v) is 5.66. The lowest BCUT2D eigenvalue weighted by atomic mass is 10.2. The Bertz CT molecular complexity index is 794. The van der Waals surface area contributed by atoms with Crippen LogP contribution in [0.4, 0.5) is 10.9 Å². The molecule has 0 saturated carbocycles. The summed E-state index contributed by atoms with van der Waals surface area (Å²) in [6.45, 7) is 2.67. The molecule has 0 radical (unpaired) electrons.